The van der Waals surface area contributed by atoms with E-state index in [0.717, 1.165) is 24.4 Å². The Bertz CT molecular complexity index is 292. The van der Waals surface area contributed by atoms with E-state index in [0.29, 0.717) is 0 Å². The van der Waals surface area contributed by atoms with Crippen LogP contribution < -0.4 is 5.73 Å². The second-order valence-corrected chi connectivity index (χ2v) is 7.34. The van der Waals surface area contributed by atoms with Crippen LogP contribution in [0.1, 0.15) is 71.1 Å². The molecule has 3 saturated carbocycles. The summed E-state index contributed by atoms with van der Waals surface area (Å²) >= 11 is 0. The maximum atomic E-state index is 6.66. The molecule has 4 unspecified atom stereocenters. The van der Waals surface area contributed by atoms with Crippen LogP contribution in [0.3, 0.4) is 0 Å². The van der Waals surface area contributed by atoms with E-state index in [9.17, 15) is 0 Å². The molecule has 3 aliphatic carbocycles. The third-order valence-electron chi connectivity index (χ3n) is 6.25. The summed E-state index contributed by atoms with van der Waals surface area (Å²) in [6, 6.07) is 0.275. The third kappa shape index (κ3) is 2.71. The zero-order chi connectivity index (χ0) is 13.3. The third-order valence-corrected chi connectivity index (χ3v) is 6.25. The molecule has 3 aliphatic rings. The summed E-state index contributed by atoms with van der Waals surface area (Å²) in [4.78, 5) is 0. The maximum Gasteiger partial charge on any atom is 0.0832 e. The number of hydrogen-bond donors (Lipinski definition) is 1. The van der Waals surface area contributed by atoms with Crippen LogP contribution in [0.15, 0.2) is 0 Å². The Labute approximate surface area is 118 Å². The summed E-state index contributed by atoms with van der Waals surface area (Å²) in [6.45, 7) is 2.95. The predicted molar refractivity (Wildman–Crippen MR) is 79.0 cm³/mol. The molecular weight excluding hydrogens is 234 g/mol. The minimum atomic E-state index is 0.0227. The van der Waals surface area contributed by atoms with E-state index in [1.807, 2.05) is 0 Å². The van der Waals surface area contributed by atoms with Crippen molar-refractivity contribution >= 4 is 0 Å². The fourth-order valence-corrected chi connectivity index (χ4v) is 5.27. The largest absolute Gasteiger partial charge is 0.374 e. The van der Waals surface area contributed by atoms with Gasteiger partial charge in [-0.2, -0.15) is 0 Å². The first kappa shape index (κ1) is 13.9. The first-order valence-electron chi connectivity index (χ1n) is 8.63. The molecule has 2 N–H and O–H groups in total. The lowest BCUT2D eigenvalue weighted by Gasteiger charge is -2.43. The van der Waals surface area contributed by atoms with Gasteiger partial charge >= 0.3 is 0 Å². The Morgan fingerprint density at radius 1 is 1.16 bits per heavy atom. The fourth-order valence-electron chi connectivity index (χ4n) is 5.27. The minimum absolute atomic E-state index is 0.0227. The van der Waals surface area contributed by atoms with Gasteiger partial charge in [0.1, 0.15) is 0 Å². The van der Waals surface area contributed by atoms with Crippen LogP contribution in [0.4, 0.5) is 0 Å². The lowest BCUT2D eigenvalue weighted by molar-refractivity contribution is -0.0870. The highest BCUT2D eigenvalue weighted by atomic mass is 16.5. The van der Waals surface area contributed by atoms with E-state index < -0.39 is 0 Å². The number of fused-ring (bicyclic) bond motifs is 2. The van der Waals surface area contributed by atoms with Gasteiger partial charge in [0.25, 0.3) is 0 Å². The first-order chi connectivity index (χ1) is 9.23. The smallest absolute Gasteiger partial charge is 0.0832 e. The van der Waals surface area contributed by atoms with Gasteiger partial charge < -0.3 is 10.5 Å². The molecule has 0 amide bonds. The summed E-state index contributed by atoms with van der Waals surface area (Å²) < 4.78 is 6.20. The van der Waals surface area contributed by atoms with E-state index >= 15 is 0 Å². The summed E-state index contributed by atoms with van der Waals surface area (Å²) in [6.07, 6.45) is 13.5. The topological polar surface area (TPSA) is 35.2 Å². The summed E-state index contributed by atoms with van der Waals surface area (Å²) in [5, 5.41) is 0. The van der Waals surface area contributed by atoms with Crippen LogP contribution in [-0.4, -0.2) is 18.2 Å². The van der Waals surface area contributed by atoms with Gasteiger partial charge in [0.05, 0.1) is 5.60 Å². The van der Waals surface area contributed by atoms with E-state index in [1.54, 1.807) is 0 Å². The lowest BCUT2D eigenvalue weighted by Crippen LogP contribution is -2.52. The van der Waals surface area contributed by atoms with E-state index in [4.69, 9.17) is 10.5 Å². The van der Waals surface area contributed by atoms with Crippen molar-refractivity contribution in [3.63, 3.8) is 0 Å². The average molecular weight is 265 g/mol. The van der Waals surface area contributed by atoms with Crippen molar-refractivity contribution in [2.24, 2.45) is 23.5 Å². The van der Waals surface area contributed by atoms with Gasteiger partial charge in [0.15, 0.2) is 0 Å². The van der Waals surface area contributed by atoms with Gasteiger partial charge in [-0.3, -0.25) is 0 Å². The van der Waals surface area contributed by atoms with Gasteiger partial charge in [-0.25, -0.2) is 0 Å². The van der Waals surface area contributed by atoms with Crippen molar-refractivity contribution in [1.82, 2.24) is 0 Å². The highest BCUT2D eigenvalue weighted by Gasteiger charge is 2.44. The minimum Gasteiger partial charge on any atom is -0.374 e. The monoisotopic (exact) mass is 265 g/mol. The first-order valence-corrected chi connectivity index (χ1v) is 8.63. The number of nitrogens with two attached hydrogens (primary N) is 1. The van der Waals surface area contributed by atoms with E-state index in [1.165, 1.54) is 64.2 Å². The summed E-state index contributed by atoms with van der Waals surface area (Å²) in [7, 11) is 0. The normalized spacial score (nSPS) is 38.5. The summed E-state index contributed by atoms with van der Waals surface area (Å²) in [5.74, 6) is 2.95. The summed E-state index contributed by atoms with van der Waals surface area (Å²) in [5.41, 5.74) is 6.68. The SMILES string of the molecule is CCOC1(C(N)CC2CC3CCC2C3)CCCCC1. The molecule has 3 fully saturated rings. The molecular formula is C17H31NO. The highest BCUT2D eigenvalue weighted by Crippen LogP contribution is 2.50. The van der Waals surface area contributed by atoms with Crippen LogP contribution in [0.5, 0.6) is 0 Å². The second kappa shape index (κ2) is 5.73. The van der Waals surface area contributed by atoms with Crippen LogP contribution in [0.2, 0.25) is 0 Å². The zero-order valence-electron chi connectivity index (χ0n) is 12.6. The standard InChI is InChI=1S/C17H31NO/c1-2-19-17(8-4-3-5-9-17)16(18)12-15-11-13-6-7-14(15)10-13/h13-16H,2-12,18H2,1H3. The van der Waals surface area contributed by atoms with Crippen molar-refractivity contribution in [3.05, 3.63) is 0 Å². The van der Waals surface area contributed by atoms with Crippen molar-refractivity contribution in [2.45, 2.75) is 82.8 Å². The molecule has 19 heavy (non-hydrogen) atoms. The van der Waals surface area contributed by atoms with Gasteiger partial charge in [-0.1, -0.05) is 25.7 Å². The van der Waals surface area contributed by atoms with Gasteiger partial charge in [-0.15, -0.1) is 0 Å². The molecule has 110 valence electrons. The Morgan fingerprint density at radius 3 is 2.53 bits per heavy atom. The van der Waals surface area contributed by atoms with Crippen LogP contribution in [-0.2, 0) is 4.74 Å². The molecule has 0 radical (unpaired) electrons. The Balaban J connectivity index is 1.61. The van der Waals surface area contributed by atoms with Crippen molar-refractivity contribution in [1.29, 1.82) is 0 Å². The molecule has 0 heterocycles. The molecule has 0 saturated heterocycles. The quantitative estimate of drug-likeness (QED) is 0.818. The highest BCUT2D eigenvalue weighted by molar-refractivity contribution is 4.98. The Morgan fingerprint density at radius 2 is 1.95 bits per heavy atom. The molecule has 4 atom stereocenters. The van der Waals surface area contributed by atoms with Gasteiger partial charge in [0.2, 0.25) is 0 Å². The molecule has 0 aliphatic heterocycles. The van der Waals surface area contributed by atoms with Crippen LogP contribution >= 0.6 is 0 Å². The van der Waals surface area contributed by atoms with Gasteiger partial charge in [-0.05, 0) is 63.2 Å². The molecule has 0 aromatic heterocycles. The van der Waals surface area contributed by atoms with E-state index in [2.05, 4.69) is 6.92 Å². The maximum absolute atomic E-state index is 6.66. The predicted octanol–water partition coefficient (Wildman–Crippen LogP) is 3.88. The second-order valence-electron chi connectivity index (χ2n) is 7.34. The number of hydrogen-bond acceptors (Lipinski definition) is 2. The van der Waals surface area contributed by atoms with Crippen molar-refractivity contribution < 1.29 is 4.74 Å². The number of ether oxygens (including phenoxy) is 1. The molecule has 2 nitrogen and oxygen atoms in total. The molecule has 2 heteroatoms. The van der Waals surface area contributed by atoms with Crippen molar-refractivity contribution in [2.75, 3.05) is 6.61 Å². The Hall–Kier alpha value is -0.0800. The van der Waals surface area contributed by atoms with Crippen LogP contribution in [0, 0.1) is 17.8 Å². The average Bonchev–Trinajstić information content (AvgIpc) is 3.02. The van der Waals surface area contributed by atoms with Crippen LogP contribution in [0.25, 0.3) is 0 Å². The molecule has 3 rings (SSSR count). The fraction of sp³-hybridized carbons (Fsp3) is 1.00. The molecule has 0 spiro atoms. The zero-order valence-corrected chi connectivity index (χ0v) is 12.6. The van der Waals surface area contributed by atoms with Gasteiger partial charge in [0, 0.05) is 12.6 Å². The Kier molecular flexibility index (Phi) is 4.19. The van der Waals surface area contributed by atoms with E-state index in [-0.39, 0.29) is 11.6 Å². The molecule has 2 bridgehead atoms. The number of rotatable bonds is 5. The molecule has 0 aromatic rings. The molecule has 0 aromatic carbocycles. The lowest BCUT2D eigenvalue weighted by atomic mass is 9.74. The van der Waals surface area contributed by atoms with Crippen molar-refractivity contribution in [3.8, 4) is 0 Å².